The zero-order valence-corrected chi connectivity index (χ0v) is 6.95. The Balaban J connectivity index is 2.13. The second kappa shape index (κ2) is 2.05. The van der Waals surface area contributed by atoms with Crippen molar-refractivity contribution < 1.29 is 24.6 Å². The molecule has 4 unspecified atom stereocenters. The van der Waals surface area contributed by atoms with Gasteiger partial charge in [-0.1, -0.05) is 6.08 Å². The number of rotatable bonds is 0. The van der Waals surface area contributed by atoms with Gasteiger partial charge in [-0.05, 0) is 6.08 Å². The lowest BCUT2D eigenvalue weighted by atomic mass is 9.83. The maximum Gasteiger partial charge on any atom is 0.263 e. The molecule has 0 spiro atoms. The Labute approximate surface area is 78.3 Å². The molecule has 0 saturated carbocycles. The number of nitrogens with zero attached hydrogens (tertiary/aromatic N) is 1. The summed E-state index contributed by atoms with van der Waals surface area (Å²) in [6.07, 6.45) is 2.29. The number of carbonyl (C=O) groups is 2. The van der Waals surface area contributed by atoms with Crippen LogP contribution in [-0.2, 0) is 14.3 Å². The normalized spacial score (nSPS) is 49.3. The Hall–Kier alpha value is -1.24. The second-order valence-corrected chi connectivity index (χ2v) is 3.69. The average Bonchev–Trinajstić information content (AvgIpc) is 2.72. The molecule has 6 nitrogen and oxygen atoms in total. The smallest absolute Gasteiger partial charge is 0.263 e. The number of fused-ring (bicyclic) bond motifs is 5. The molecule has 0 radical (unpaired) electrons. The van der Waals surface area contributed by atoms with Gasteiger partial charge < -0.3 is 9.84 Å². The van der Waals surface area contributed by atoms with Gasteiger partial charge in [0.2, 0.25) is 0 Å². The molecule has 0 aromatic rings. The molecular weight excluding hydrogens is 190 g/mol. The zero-order valence-electron chi connectivity index (χ0n) is 6.95. The first-order chi connectivity index (χ1) is 6.54. The van der Waals surface area contributed by atoms with Crippen LogP contribution in [0.3, 0.4) is 0 Å². The van der Waals surface area contributed by atoms with Gasteiger partial charge >= 0.3 is 0 Å². The van der Waals surface area contributed by atoms with Gasteiger partial charge in [-0.3, -0.25) is 14.8 Å². The molecule has 0 aromatic heterocycles. The molecule has 2 saturated heterocycles. The Morgan fingerprint density at radius 2 is 2.14 bits per heavy atom. The monoisotopic (exact) mass is 197 g/mol. The van der Waals surface area contributed by atoms with E-state index >= 15 is 0 Å². The van der Waals surface area contributed by atoms with Gasteiger partial charge in [-0.2, -0.15) is 5.06 Å². The molecule has 2 bridgehead atoms. The van der Waals surface area contributed by atoms with Crippen molar-refractivity contribution in [3.63, 3.8) is 0 Å². The summed E-state index contributed by atoms with van der Waals surface area (Å²) in [7, 11) is 0. The highest BCUT2D eigenvalue weighted by atomic mass is 16.6. The highest BCUT2D eigenvalue weighted by Gasteiger charge is 2.67. The van der Waals surface area contributed by atoms with E-state index in [1.54, 1.807) is 0 Å². The van der Waals surface area contributed by atoms with Crippen molar-refractivity contribution in [1.82, 2.24) is 5.06 Å². The van der Waals surface area contributed by atoms with Crippen LogP contribution >= 0.6 is 0 Å². The molecule has 3 rings (SSSR count). The van der Waals surface area contributed by atoms with Crippen LogP contribution in [0.2, 0.25) is 0 Å². The van der Waals surface area contributed by atoms with Gasteiger partial charge in [0.1, 0.15) is 5.92 Å². The van der Waals surface area contributed by atoms with Crippen molar-refractivity contribution >= 4 is 11.8 Å². The van der Waals surface area contributed by atoms with Crippen LogP contribution in [-0.4, -0.2) is 39.1 Å². The predicted octanol–water partition coefficient (Wildman–Crippen LogP) is -1.37. The summed E-state index contributed by atoms with van der Waals surface area (Å²) >= 11 is 0. The number of hydrogen-bond acceptors (Lipinski definition) is 5. The maximum atomic E-state index is 11.4. The fraction of sp³-hybridized carbons (Fsp3) is 0.500. The molecule has 0 aromatic carbocycles. The number of ether oxygens (including phenoxy) is 1. The molecule has 14 heavy (non-hydrogen) atoms. The molecule has 4 atom stereocenters. The third-order valence-electron chi connectivity index (χ3n) is 2.98. The van der Waals surface area contributed by atoms with Crippen molar-refractivity contribution in [1.29, 1.82) is 0 Å². The Bertz CT molecular complexity index is 378. The van der Waals surface area contributed by atoms with E-state index in [0.717, 1.165) is 0 Å². The van der Waals surface area contributed by atoms with E-state index in [4.69, 9.17) is 9.94 Å². The van der Waals surface area contributed by atoms with Crippen LogP contribution in [0.25, 0.3) is 0 Å². The number of amides is 2. The summed E-state index contributed by atoms with van der Waals surface area (Å²) in [6.45, 7) is 0. The number of hydroxylamine groups is 2. The van der Waals surface area contributed by atoms with E-state index in [9.17, 15) is 14.7 Å². The van der Waals surface area contributed by atoms with Crippen LogP contribution in [0, 0.1) is 11.8 Å². The van der Waals surface area contributed by atoms with E-state index in [1.165, 1.54) is 12.2 Å². The molecule has 2 N–H and O–H groups in total. The molecule has 2 fully saturated rings. The first-order valence-electron chi connectivity index (χ1n) is 4.21. The van der Waals surface area contributed by atoms with E-state index in [2.05, 4.69) is 0 Å². The minimum atomic E-state index is -1.71. The fourth-order valence-electron chi connectivity index (χ4n) is 2.34. The van der Waals surface area contributed by atoms with E-state index in [1.807, 2.05) is 0 Å². The predicted molar refractivity (Wildman–Crippen MR) is 39.6 cm³/mol. The third kappa shape index (κ3) is 0.648. The van der Waals surface area contributed by atoms with E-state index in [-0.39, 0.29) is 5.06 Å². The van der Waals surface area contributed by atoms with Crippen LogP contribution in [0.15, 0.2) is 12.2 Å². The van der Waals surface area contributed by atoms with Gasteiger partial charge in [0.25, 0.3) is 11.8 Å². The van der Waals surface area contributed by atoms with Crippen molar-refractivity contribution in [3.05, 3.63) is 12.2 Å². The molecule has 74 valence electrons. The fourth-order valence-corrected chi connectivity index (χ4v) is 2.34. The number of imide groups is 1. The summed E-state index contributed by atoms with van der Waals surface area (Å²) in [5, 5.41) is 19.0. The van der Waals surface area contributed by atoms with Gasteiger partial charge in [0, 0.05) is 0 Å². The summed E-state index contributed by atoms with van der Waals surface area (Å²) in [4.78, 5) is 22.7. The van der Waals surface area contributed by atoms with Crippen molar-refractivity contribution in [2.45, 2.75) is 11.9 Å². The van der Waals surface area contributed by atoms with E-state index < -0.39 is 35.5 Å². The lowest BCUT2D eigenvalue weighted by Crippen LogP contribution is -2.39. The number of hydrogen-bond donors (Lipinski definition) is 2. The van der Waals surface area contributed by atoms with Gasteiger partial charge in [0.15, 0.2) is 5.79 Å². The summed E-state index contributed by atoms with van der Waals surface area (Å²) in [6, 6.07) is 0. The minimum Gasteiger partial charge on any atom is -0.362 e. The molecule has 3 aliphatic rings. The first kappa shape index (κ1) is 8.10. The van der Waals surface area contributed by atoms with E-state index in [0.29, 0.717) is 0 Å². The Morgan fingerprint density at radius 1 is 1.43 bits per heavy atom. The van der Waals surface area contributed by atoms with Crippen LogP contribution in [0.1, 0.15) is 0 Å². The minimum absolute atomic E-state index is 0.0722. The second-order valence-electron chi connectivity index (χ2n) is 3.69. The highest BCUT2D eigenvalue weighted by Crippen LogP contribution is 2.49. The summed E-state index contributed by atoms with van der Waals surface area (Å²) < 4.78 is 5.08. The third-order valence-corrected chi connectivity index (χ3v) is 2.98. The molecule has 0 aliphatic carbocycles. The van der Waals surface area contributed by atoms with Gasteiger partial charge in [-0.25, -0.2) is 0 Å². The lowest BCUT2D eigenvalue weighted by Gasteiger charge is -2.20. The molecule has 6 heteroatoms. The molecule has 2 amide bonds. The zero-order chi connectivity index (χ0) is 10.1. The van der Waals surface area contributed by atoms with Crippen LogP contribution in [0.5, 0.6) is 0 Å². The summed E-state index contributed by atoms with van der Waals surface area (Å²) in [5.74, 6) is -4.98. The highest BCUT2D eigenvalue weighted by molar-refractivity contribution is 6.05. The van der Waals surface area contributed by atoms with Gasteiger partial charge in [-0.15, -0.1) is 0 Å². The largest absolute Gasteiger partial charge is 0.362 e. The summed E-state index contributed by atoms with van der Waals surface area (Å²) in [5.41, 5.74) is 0. The molecule has 3 aliphatic heterocycles. The van der Waals surface area contributed by atoms with Crippen LogP contribution in [0.4, 0.5) is 0 Å². The lowest BCUT2D eigenvalue weighted by molar-refractivity contribution is -0.191. The quantitative estimate of drug-likeness (QED) is 0.284. The average molecular weight is 197 g/mol. The topological polar surface area (TPSA) is 87.1 Å². The van der Waals surface area contributed by atoms with Crippen molar-refractivity contribution in [2.75, 3.05) is 0 Å². The molecular formula is C8H7NO5. The number of carbonyl (C=O) groups excluding carboxylic acids is 2. The first-order valence-corrected chi connectivity index (χ1v) is 4.21. The van der Waals surface area contributed by atoms with Crippen molar-refractivity contribution in [2.24, 2.45) is 11.8 Å². The SMILES string of the molecule is O=C1C2C3C=CC(O)(O3)C2C(=O)N1O. The van der Waals surface area contributed by atoms with Crippen LogP contribution < -0.4 is 0 Å². The Morgan fingerprint density at radius 3 is 2.79 bits per heavy atom. The molecule has 3 heterocycles. The Kier molecular flexibility index (Phi) is 1.19. The standard InChI is InChI=1S/C8H7NO5/c10-6-4-3-1-2-8(12,14-3)5(4)7(11)9(6)13/h1-5,12-13H. The van der Waals surface area contributed by atoms with Gasteiger partial charge in [0.05, 0.1) is 12.0 Å². The number of aliphatic hydroxyl groups is 1. The maximum absolute atomic E-state index is 11.4. The van der Waals surface area contributed by atoms with Crippen molar-refractivity contribution in [3.8, 4) is 0 Å².